The monoisotopic (exact) mass is 348 g/mol. The van der Waals surface area contributed by atoms with E-state index in [0.29, 0.717) is 11.8 Å². The fourth-order valence-corrected chi connectivity index (χ4v) is 4.54. The van der Waals surface area contributed by atoms with Gasteiger partial charge in [-0.15, -0.1) is 0 Å². The molecule has 2 unspecified atom stereocenters. The quantitative estimate of drug-likeness (QED) is 0.369. The Labute approximate surface area is 153 Å². The second-order valence-electron chi connectivity index (χ2n) is 8.10. The van der Waals surface area contributed by atoms with E-state index in [4.69, 9.17) is 5.11 Å². The van der Waals surface area contributed by atoms with Crippen LogP contribution in [0, 0.1) is 23.7 Å². The Kier molecular flexibility index (Phi) is 8.74. The molecule has 0 spiro atoms. The standard InChI is InChI=1S/C22H36O3/c1-2-3-6-9-20(23)13-12-18-14-17-15-19(16-17)21(18)10-7-4-5-8-11-22(24)25/h4,7,12-13,17-21,23H,2-3,5-6,8-11,14-16H2,1H3,(H,24,25)/b7-4?,13-12+/t17?,18-,19?,20?,21?/m0/s1. The summed E-state index contributed by atoms with van der Waals surface area (Å²) >= 11 is 0. The van der Waals surface area contributed by atoms with E-state index < -0.39 is 5.97 Å². The molecule has 2 N–H and O–H groups in total. The van der Waals surface area contributed by atoms with Crippen LogP contribution in [-0.2, 0) is 4.79 Å². The van der Waals surface area contributed by atoms with Gasteiger partial charge in [-0.1, -0.05) is 50.5 Å². The van der Waals surface area contributed by atoms with Gasteiger partial charge in [-0.2, -0.15) is 0 Å². The highest BCUT2D eigenvalue weighted by Gasteiger charge is 2.43. The molecular weight excluding hydrogens is 312 g/mol. The number of aliphatic hydroxyl groups is 1. The molecule has 0 heterocycles. The lowest BCUT2D eigenvalue weighted by atomic mass is 9.55. The van der Waals surface area contributed by atoms with Crippen molar-refractivity contribution in [2.75, 3.05) is 0 Å². The van der Waals surface area contributed by atoms with Gasteiger partial charge < -0.3 is 10.2 Å². The Hall–Kier alpha value is -1.09. The fraction of sp³-hybridized carbons (Fsp3) is 0.773. The van der Waals surface area contributed by atoms with Crippen LogP contribution in [0.15, 0.2) is 24.3 Å². The fourth-order valence-electron chi connectivity index (χ4n) is 4.54. The average Bonchev–Trinajstić information content (AvgIpc) is 2.55. The lowest BCUT2D eigenvalue weighted by Crippen LogP contribution is -2.41. The van der Waals surface area contributed by atoms with Gasteiger partial charge in [0.1, 0.15) is 0 Å². The number of fused-ring (bicyclic) bond motifs is 2. The number of rotatable bonds is 12. The number of hydrogen-bond acceptors (Lipinski definition) is 2. The van der Waals surface area contributed by atoms with E-state index in [-0.39, 0.29) is 12.5 Å². The molecule has 2 bridgehead atoms. The molecular formula is C22H36O3. The van der Waals surface area contributed by atoms with Crippen LogP contribution in [0.3, 0.4) is 0 Å². The molecule has 0 amide bonds. The van der Waals surface area contributed by atoms with Gasteiger partial charge >= 0.3 is 5.97 Å². The SMILES string of the molecule is CCCCCC(O)/C=C/[C@H]1CC2CC(C2)C1CC=CCCCC(=O)O. The third-order valence-corrected chi connectivity index (χ3v) is 6.05. The van der Waals surface area contributed by atoms with Crippen LogP contribution in [0.1, 0.15) is 77.6 Å². The summed E-state index contributed by atoms with van der Waals surface area (Å²) < 4.78 is 0. The van der Waals surface area contributed by atoms with Crippen LogP contribution in [0.4, 0.5) is 0 Å². The zero-order valence-electron chi connectivity index (χ0n) is 15.8. The summed E-state index contributed by atoms with van der Waals surface area (Å²) in [5.74, 6) is 2.38. The third-order valence-electron chi connectivity index (χ3n) is 6.05. The molecule has 142 valence electrons. The minimum Gasteiger partial charge on any atom is -0.481 e. The van der Waals surface area contributed by atoms with Crippen LogP contribution in [-0.4, -0.2) is 22.3 Å². The van der Waals surface area contributed by atoms with Crippen LogP contribution in [0.5, 0.6) is 0 Å². The molecule has 3 aliphatic carbocycles. The van der Waals surface area contributed by atoms with Gasteiger partial charge in [-0.3, -0.25) is 4.79 Å². The maximum atomic E-state index is 10.5. The van der Waals surface area contributed by atoms with E-state index in [0.717, 1.165) is 43.9 Å². The molecule has 3 atom stereocenters. The zero-order chi connectivity index (χ0) is 18.1. The Balaban J connectivity index is 1.76. The molecule has 0 aromatic rings. The number of allylic oxidation sites excluding steroid dienone is 3. The summed E-state index contributed by atoms with van der Waals surface area (Å²) in [6.45, 7) is 2.19. The van der Waals surface area contributed by atoms with Crippen molar-refractivity contribution in [3.05, 3.63) is 24.3 Å². The van der Waals surface area contributed by atoms with Crippen molar-refractivity contribution in [2.24, 2.45) is 23.7 Å². The van der Waals surface area contributed by atoms with Crippen molar-refractivity contribution >= 4 is 5.97 Å². The number of aliphatic carboxylic acids is 1. The molecule has 0 saturated heterocycles. The molecule has 3 saturated carbocycles. The Morgan fingerprint density at radius 3 is 2.68 bits per heavy atom. The summed E-state index contributed by atoms with van der Waals surface area (Å²) in [6, 6.07) is 0. The molecule has 3 heteroatoms. The highest BCUT2D eigenvalue weighted by molar-refractivity contribution is 5.66. The van der Waals surface area contributed by atoms with Gasteiger partial charge in [0.05, 0.1) is 6.10 Å². The summed E-state index contributed by atoms with van der Waals surface area (Å²) in [7, 11) is 0. The lowest BCUT2D eigenvalue weighted by Gasteiger charge is -2.50. The van der Waals surface area contributed by atoms with Crippen LogP contribution in [0.2, 0.25) is 0 Å². The first-order valence-electron chi connectivity index (χ1n) is 10.3. The van der Waals surface area contributed by atoms with Gasteiger partial charge in [-0.25, -0.2) is 0 Å². The summed E-state index contributed by atoms with van der Waals surface area (Å²) in [6.07, 6.45) is 19.9. The summed E-state index contributed by atoms with van der Waals surface area (Å²) in [4.78, 5) is 10.5. The van der Waals surface area contributed by atoms with E-state index in [9.17, 15) is 9.90 Å². The highest BCUT2D eigenvalue weighted by Crippen LogP contribution is 2.53. The lowest BCUT2D eigenvalue weighted by molar-refractivity contribution is -0.137. The van der Waals surface area contributed by atoms with Crippen molar-refractivity contribution in [2.45, 2.75) is 83.7 Å². The topological polar surface area (TPSA) is 57.5 Å². The average molecular weight is 349 g/mol. The van der Waals surface area contributed by atoms with E-state index in [2.05, 4.69) is 31.2 Å². The molecule has 0 aromatic heterocycles. The third kappa shape index (κ3) is 6.97. The second kappa shape index (κ2) is 10.8. The number of hydrogen-bond donors (Lipinski definition) is 2. The molecule has 0 aliphatic heterocycles. The van der Waals surface area contributed by atoms with Gasteiger partial charge in [0.15, 0.2) is 0 Å². The maximum absolute atomic E-state index is 10.5. The van der Waals surface area contributed by atoms with Crippen molar-refractivity contribution in [3.63, 3.8) is 0 Å². The first-order valence-corrected chi connectivity index (χ1v) is 10.3. The minimum absolute atomic E-state index is 0.263. The largest absolute Gasteiger partial charge is 0.481 e. The number of carbonyl (C=O) groups is 1. The van der Waals surface area contributed by atoms with Crippen molar-refractivity contribution in [3.8, 4) is 0 Å². The maximum Gasteiger partial charge on any atom is 0.303 e. The van der Waals surface area contributed by atoms with E-state index in [1.54, 1.807) is 0 Å². The van der Waals surface area contributed by atoms with Gasteiger partial charge in [0.25, 0.3) is 0 Å². The number of carboxylic acid groups (broad SMARTS) is 1. The first kappa shape index (κ1) is 20.2. The second-order valence-corrected chi connectivity index (χ2v) is 8.10. The Morgan fingerprint density at radius 1 is 1.16 bits per heavy atom. The van der Waals surface area contributed by atoms with Crippen molar-refractivity contribution < 1.29 is 15.0 Å². The van der Waals surface area contributed by atoms with Gasteiger partial charge in [0, 0.05) is 6.42 Å². The normalized spacial score (nSPS) is 29.8. The molecule has 0 aromatic carbocycles. The first-order chi connectivity index (χ1) is 12.1. The molecule has 3 fully saturated rings. The molecule has 3 nitrogen and oxygen atoms in total. The molecule has 0 radical (unpaired) electrons. The van der Waals surface area contributed by atoms with E-state index in [1.807, 2.05) is 0 Å². The van der Waals surface area contributed by atoms with Gasteiger partial charge in [0.2, 0.25) is 0 Å². The Bertz CT molecular complexity index is 448. The van der Waals surface area contributed by atoms with Crippen molar-refractivity contribution in [1.29, 1.82) is 0 Å². The number of carboxylic acids is 1. The van der Waals surface area contributed by atoms with Crippen LogP contribution >= 0.6 is 0 Å². The number of unbranched alkanes of at least 4 members (excludes halogenated alkanes) is 3. The minimum atomic E-state index is -0.705. The molecule has 3 aliphatic rings. The highest BCUT2D eigenvalue weighted by atomic mass is 16.4. The molecule has 25 heavy (non-hydrogen) atoms. The van der Waals surface area contributed by atoms with Crippen LogP contribution < -0.4 is 0 Å². The van der Waals surface area contributed by atoms with Crippen LogP contribution in [0.25, 0.3) is 0 Å². The predicted molar refractivity (Wildman–Crippen MR) is 102 cm³/mol. The predicted octanol–water partition coefficient (Wildman–Crippen LogP) is 5.35. The smallest absolute Gasteiger partial charge is 0.303 e. The van der Waals surface area contributed by atoms with E-state index >= 15 is 0 Å². The summed E-state index contributed by atoms with van der Waals surface area (Å²) in [5.41, 5.74) is 0. The summed E-state index contributed by atoms with van der Waals surface area (Å²) in [5, 5.41) is 18.8. The van der Waals surface area contributed by atoms with Gasteiger partial charge in [-0.05, 0) is 68.6 Å². The Morgan fingerprint density at radius 2 is 1.96 bits per heavy atom. The zero-order valence-corrected chi connectivity index (χ0v) is 15.8. The van der Waals surface area contributed by atoms with E-state index in [1.165, 1.54) is 32.1 Å². The van der Waals surface area contributed by atoms with Crippen molar-refractivity contribution in [1.82, 2.24) is 0 Å². The molecule has 3 rings (SSSR count). The number of aliphatic hydroxyl groups excluding tert-OH is 1.